The molecule has 4 rings (SSSR count). The molecule has 0 saturated carbocycles. The molecule has 0 unspecified atom stereocenters. The summed E-state index contributed by atoms with van der Waals surface area (Å²) in [5.74, 6) is 0.534. The molecule has 10 nitrogen and oxygen atoms in total. The van der Waals surface area contributed by atoms with Gasteiger partial charge < -0.3 is 15.4 Å². The van der Waals surface area contributed by atoms with Crippen LogP contribution in [0.25, 0.3) is 22.2 Å². The van der Waals surface area contributed by atoms with E-state index >= 15 is 0 Å². The Morgan fingerprint density at radius 3 is 2.61 bits per heavy atom. The van der Waals surface area contributed by atoms with E-state index in [1.165, 1.54) is 12.7 Å². The molecule has 3 heterocycles. The summed E-state index contributed by atoms with van der Waals surface area (Å²) in [5.41, 5.74) is 3.61. The van der Waals surface area contributed by atoms with Gasteiger partial charge in [-0.25, -0.2) is 29.9 Å². The van der Waals surface area contributed by atoms with E-state index in [1.807, 2.05) is 31.2 Å². The predicted octanol–water partition coefficient (Wildman–Crippen LogP) is 2.85. The van der Waals surface area contributed by atoms with Crippen LogP contribution in [0.4, 0.5) is 5.82 Å². The third-order valence-corrected chi connectivity index (χ3v) is 5.12. The predicted molar refractivity (Wildman–Crippen MR) is 124 cm³/mol. The molecule has 0 fully saturated rings. The Kier molecular flexibility index (Phi) is 6.63. The van der Waals surface area contributed by atoms with Crippen molar-refractivity contribution in [1.82, 2.24) is 35.2 Å². The number of hydrogen-bond acceptors (Lipinski definition) is 9. The first-order valence-electron chi connectivity index (χ1n) is 10.6. The number of rotatable bonds is 8. The maximum Gasteiger partial charge on any atom is 0.316 e. The van der Waals surface area contributed by atoms with Gasteiger partial charge in [-0.05, 0) is 12.5 Å². The molecule has 1 amide bonds. The molecule has 0 aliphatic carbocycles. The second kappa shape index (κ2) is 9.94. The van der Waals surface area contributed by atoms with E-state index in [9.17, 15) is 4.79 Å². The lowest BCUT2D eigenvalue weighted by molar-refractivity contribution is 0.0960. The van der Waals surface area contributed by atoms with Crippen LogP contribution in [0.5, 0.6) is 6.01 Å². The van der Waals surface area contributed by atoms with Gasteiger partial charge in [0.25, 0.3) is 5.91 Å². The van der Waals surface area contributed by atoms with Crippen LogP contribution < -0.4 is 15.4 Å². The van der Waals surface area contributed by atoms with Gasteiger partial charge in [0, 0.05) is 48.9 Å². The maximum absolute atomic E-state index is 12.2. The fourth-order valence-corrected chi connectivity index (χ4v) is 3.44. The highest BCUT2D eigenvalue weighted by atomic mass is 16.5. The Hall–Kier alpha value is -4.21. The molecule has 0 radical (unpaired) electrons. The summed E-state index contributed by atoms with van der Waals surface area (Å²) in [6.07, 6.45) is 6.27. The average molecular weight is 444 g/mol. The lowest BCUT2D eigenvalue weighted by atomic mass is 9.97. The van der Waals surface area contributed by atoms with Crippen molar-refractivity contribution in [2.45, 2.75) is 19.8 Å². The zero-order valence-electron chi connectivity index (χ0n) is 18.6. The summed E-state index contributed by atoms with van der Waals surface area (Å²) in [5, 5.41) is 6.71. The maximum atomic E-state index is 12.2. The highest BCUT2D eigenvalue weighted by Crippen LogP contribution is 2.26. The number of fused-ring (bicyclic) bond motifs is 1. The molecule has 1 aromatic carbocycles. The van der Waals surface area contributed by atoms with Crippen molar-refractivity contribution in [1.29, 1.82) is 0 Å². The fourth-order valence-electron chi connectivity index (χ4n) is 3.44. The van der Waals surface area contributed by atoms with Crippen molar-refractivity contribution >= 4 is 22.6 Å². The van der Waals surface area contributed by atoms with Gasteiger partial charge >= 0.3 is 6.01 Å². The van der Waals surface area contributed by atoms with Crippen molar-refractivity contribution in [2.24, 2.45) is 0 Å². The molecule has 1 atom stereocenters. The van der Waals surface area contributed by atoms with E-state index in [-0.39, 0.29) is 11.8 Å². The van der Waals surface area contributed by atoms with Crippen LogP contribution in [0, 0.1) is 0 Å². The Morgan fingerprint density at radius 1 is 1.06 bits per heavy atom. The van der Waals surface area contributed by atoms with Gasteiger partial charge in [-0.1, -0.05) is 25.1 Å². The van der Waals surface area contributed by atoms with Crippen LogP contribution in [0.3, 0.4) is 0 Å². The smallest absolute Gasteiger partial charge is 0.316 e. The number of hydrogen-bond donors (Lipinski definition) is 2. The summed E-state index contributed by atoms with van der Waals surface area (Å²) in [4.78, 5) is 37.8. The minimum absolute atomic E-state index is 0.0911. The molecule has 10 heteroatoms. The highest BCUT2D eigenvalue weighted by Gasteiger charge is 2.16. The topological polar surface area (TPSA) is 128 Å². The van der Waals surface area contributed by atoms with Crippen LogP contribution in [-0.4, -0.2) is 56.0 Å². The van der Waals surface area contributed by atoms with E-state index in [1.54, 1.807) is 19.4 Å². The van der Waals surface area contributed by atoms with E-state index < -0.39 is 0 Å². The van der Waals surface area contributed by atoms with Crippen molar-refractivity contribution in [2.75, 3.05) is 25.5 Å². The van der Waals surface area contributed by atoms with Gasteiger partial charge in [0.15, 0.2) is 0 Å². The molecule has 0 bridgehead atoms. The fraction of sp³-hybridized carbons (Fsp3) is 0.261. The number of nitrogens with zero attached hydrogens (tertiary/aromatic N) is 6. The van der Waals surface area contributed by atoms with Gasteiger partial charge in [-0.3, -0.25) is 4.79 Å². The zero-order valence-corrected chi connectivity index (χ0v) is 18.6. The van der Waals surface area contributed by atoms with Gasteiger partial charge in [0.05, 0.1) is 17.8 Å². The Balaban J connectivity index is 1.51. The van der Waals surface area contributed by atoms with E-state index in [2.05, 4.69) is 47.5 Å². The van der Waals surface area contributed by atoms with Gasteiger partial charge in [-0.15, -0.1) is 0 Å². The summed E-state index contributed by atoms with van der Waals surface area (Å²) >= 11 is 0. The van der Waals surface area contributed by atoms with Crippen molar-refractivity contribution < 1.29 is 9.53 Å². The quantitative estimate of drug-likeness (QED) is 0.421. The number of carbonyl (C=O) groups excluding carboxylic acids is 1. The Morgan fingerprint density at radius 2 is 1.85 bits per heavy atom. The Bertz CT molecular complexity index is 1260. The first-order chi connectivity index (χ1) is 16.1. The molecule has 4 aromatic rings. The van der Waals surface area contributed by atoms with Crippen molar-refractivity contribution in [3.05, 3.63) is 60.6 Å². The number of benzene rings is 1. The molecule has 168 valence electrons. The normalized spacial score (nSPS) is 11.7. The third kappa shape index (κ3) is 4.84. The molecular weight excluding hydrogens is 420 g/mol. The van der Waals surface area contributed by atoms with Crippen molar-refractivity contribution in [3.8, 4) is 17.3 Å². The highest BCUT2D eigenvalue weighted by molar-refractivity contribution is 6.04. The monoisotopic (exact) mass is 444 g/mol. The van der Waals surface area contributed by atoms with Gasteiger partial charge in [-0.2, -0.15) is 0 Å². The number of carbonyl (C=O) groups is 1. The largest absolute Gasteiger partial charge is 0.464 e. The summed E-state index contributed by atoms with van der Waals surface area (Å²) in [6.45, 7) is 5.09. The molecule has 0 aliphatic heterocycles. The molecule has 0 saturated heterocycles. The van der Waals surface area contributed by atoms with Crippen molar-refractivity contribution in [3.63, 3.8) is 0 Å². The lowest BCUT2D eigenvalue weighted by Gasteiger charge is -2.16. The lowest BCUT2D eigenvalue weighted by Crippen LogP contribution is -2.20. The first kappa shape index (κ1) is 22.0. The number of para-hydroxylation sites is 1. The van der Waals surface area contributed by atoms with E-state index in [4.69, 9.17) is 4.74 Å². The molecule has 33 heavy (non-hydrogen) atoms. The number of amides is 1. The Labute approximate surface area is 190 Å². The molecule has 0 spiro atoms. The molecule has 2 N–H and O–H groups in total. The third-order valence-electron chi connectivity index (χ3n) is 5.12. The summed E-state index contributed by atoms with van der Waals surface area (Å²) in [7, 11) is 1.59. The molecule has 3 aromatic heterocycles. The van der Waals surface area contributed by atoms with Crippen LogP contribution in [0.1, 0.15) is 35.8 Å². The minimum atomic E-state index is -0.239. The summed E-state index contributed by atoms with van der Waals surface area (Å²) in [6, 6.07) is 7.97. The summed E-state index contributed by atoms with van der Waals surface area (Å²) < 4.78 is 5.29. The number of aromatic nitrogens is 6. The SMILES string of the molecule is CCOc1ncc(-c2cc(NC[C@@H](C)c3cccc4c(C(=O)NC)ncnc34)ncn2)cn1. The molecule has 0 aliphatic rings. The minimum Gasteiger partial charge on any atom is -0.464 e. The average Bonchev–Trinajstić information content (AvgIpc) is 2.87. The van der Waals surface area contributed by atoms with Crippen LogP contribution in [0.15, 0.2) is 49.3 Å². The van der Waals surface area contributed by atoms with Crippen LogP contribution >= 0.6 is 0 Å². The molecular formula is C23H24N8O2. The first-order valence-corrected chi connectivity index (χ1v) is 10.6. The van der Waals surface area contributed by atoms with E-state index in [0.29, 0.717) is 36.4 Å². The second-order valence-corrected chi connectivity index (χ2v) is 7.30. The standard InChI is InChI=1S/C23H24N8O2/c1-4-33-23-26-10-15(11-27-23)18-8-19(29-12-28-18)25-9-14(2)16-6-5-7-17-20(16)30-13-31-21(17)22(32)24-3/h5-8,10-14H,4,9H2,1-3H3,(H,24,32)(H,25,28,29)/t14-/m1/s1. The van der Waals surface area contributed by atoms with E-state index in [0.717, 1.165) is 22.0 Å². The number of anilines is 1. The van der Waals surface area contributed by atoms with Crippen LogP contribution in [0.2, 0.25) is 0 Å². The zero-order chi connectivity index (χ0) is 23.2. The second-order valence-electron chi connectivity index (χ2n) is 7.30. The number of nitrogens with one attached hydrogen (secondary N) is 2. The van der Waals surface area contributed by atoms with Crippen LogP contribution in [-0.2, 0) is 0 Å². The van der Waals surface area contributed by atoms with Gasteiger partial charge in [0.1, 0.15) is 24.2 Å². The van der Waals surface area contributed by atoms with Gasteiger partial charge in [0.2, 0.25) is 0 Å². The number of ether oxygens (including phenoxy) is 1.